The first kappa shape index (κ1) is 13.9. The summed E-state index contributed by atoms with van der Waals surface area (Å²) in [7, 11) is 0. The zero-order valence-corrected chi connectivity index (χ0v) is 10.5. The van der Waals surface area contributed by atoms with E-state index in [1.165, 1.54) is 12.3 Å². The molecular formula is C7H8NO3U-. The van der Waals surface area contributed by atoms with Crippen LogP contribution < -0.4 is 5.32 Å². The van der Waals surface area contributed by atoms with E-state index in [-0.39, 0.29) is 37.7 Å². The summed E-state index contributed by atoms with van der Waals surface area (Å²) in [5.74, 6) is -1.64. The molecule has 0 radical (unpaired) electrons. The largest absolute Gasteiger partial charge is 0.603 e. The van der Waals surface area contributed by atoms with Gasteiger partial charge in [-0.15, -0.1) is 5.73 Å². The maximum Gasteiger partial charge on any atom is 0.129 e. The Balaban J connectivity index is 0. The molecule has 0 atom stereocenters. The van der Waals surface area contributed by atoms with Crippen LogP contribution in [0.4, 0.5) is 0 Å². The summed E-state index contributed by atoms with van der Waals surface area (Å²) < 4.78 is 0. The fraction of sp³-hybridized carbons (Fsp3) is 0.143. The van der Waals surface area contributed by atoms with Crippen molar-refractivity contribution < 1.29 is 46.1 Å². The maximum absolute atomic E-state index is 10.6. The van der Waals surface area contributed by atoms with Crippen molar-refractivity contribution in [2.24, 2.45) is 0 Å². The molecule has 1 amide bonds. The van der Waals surface area contributed by atoms with Crippen LogP contribution in [0.15, 0.2) is 24.1 Å². The van der Waals surface area contributed by atoms with E-state index < -0.39 is 11.7 Å². The number of hydrogen-bond acceptors (Lipinski definition) is 3. The van der Waals surface area contributed by atoms with Crippen LogP contribution in [0.5, 0.6) is 0 Å². The first-order valence-corrected chi connectivity index (χ1v) is 2.81. The zero-order chi connectivity index (χ0) is 8.69. The van der Waals surface area contributed by atoms with Crippen molar-refractivity contribution in [2.45, 2.75) is 0 Å². The predicted molar refractivity (Wildman–Crippen MR) is 38.7 cm³/mol. The molecule has 0 heterocycles. The van der Waals surface area contributed by atoms with Crippen molar-refractivity contribution in [3.8, 4) is 0 Å². The fourth-order valence-electron chi connectivity index (χ4n) is 0.350. The summed E-state index contributed by atoms with van der Waals surface area (Å²) in [6.45, 7) is 3.46. The van der Waals surface area contributed by atoms with Crippen molar-refractivity contribution in [1.82, 2.24) is 5.32 Å². The van der Waals surface area contributed by atoms with Gasteiger partial charge < -0.3 is 20.3 Å². The van der Waals surface area contributed by atoms with E-state index in [1.807, 2.05) is 0 Å². The van der Waals surface area contributed by atoms with Gasteiger partial charge in [-0.3, -0.25) is 0 Å². The summed E-state index contributed by atoms with van der Waals surface area (Å²) in [6.07, 6.45) is 2.76. The first-order valence-electron chi connectivity index (χ1n) is 2.81. The Morgan fingerprint density at radius 3 is 2.75 bits per heavy atom. The quantitative estimate of drug-likeness (QED) is 0.278. The van der Waals surface area contributed by atoms with Crippen LogP contribution in [-0.4, -0.2) is 22.7 Å². The maximum atomic E-state index is 10.6. The molecule has 0 spiro atoms. The van der Waals surface area contributed by atoms with Crippen molar-refractivity contribution in [3.63, 3.8) is 0 Å². The van der Waals surface area contributed by atoms with E-state index >= 15 is 0 Å². The van der Waals surface area contributed by atoms with Gasteiger partial charge in [0.2, 0.25) is 0 Å². The summed E-state index contributed by atoms with van der Waals surface area (Å²) >= 11 is 0. The molecule has 5 heteroatoms. The Morgan fingerprint density at radius 2 is 2.33 bits per heavy atom. The van der Waals surface area contributed by atoms with E-state index in [4.69, 9.17) is 10.2 Å². The number of rotatable bonds is 3. The van der Waals surface area contributed by atoms with Gasteiger partial charge in [-0.05, 0) is 12.3 Å². The molecule has 0 saturated carbocycles. The molecule has 0 bridgehead atoms. The SMILES string of the molecule is C=C=CCNC(=O)C(O)=[C-]O.[U]. The van der Waals surface area contributed by atoms with Crippen LogP contribution >= 0.6 is 0 Å². The van der Waals surface area contributed by atoms with Gasteiger partial charge >= 0.3 is 0 Å². The second-order valence-corrected chi connectivity index (χ2v) is 1.58. The van der Waals surface area contributed by atoms with E-state index in [2.05, 4.69) is 17.6 Å². The van der Waals surface area contributed by atoms with Crippen molar-refractivity contribution >= 4 is 5.91 Å². The number of carbonyl (C=O) groups excluding carboxylic acids is 1. The molecule has 0 unspecified atom stereocenters. The average Bonchev–Trinajstić information content (AvgIpc) is 2.03. The Labute approximate surface area is 94.0 Å². The number of aliphatic hydroxyl groups excluding tert-OH is 2. The van der Waals surface area contributed by atoms with Gasteiger partial charge in [0, 0.05) is 43.4 Å². The molecule has 64 valence electrons. The molecule has 0 rings (SSSR count). The monoisotopic (exact) mass is 392 g/mol. The Kier molecular flexibility index (Phi) is 9.85. The van der Waals surface area contributed by atoms with Crippen LogP contribution in [0.1, 0.15) is 0 Å². The van der Waals surface area contributed by atoms with E-state index in [9.17, 15) is 4.79 Å². The van der Waals surface area contributed by atoms with Crippen molar-refractivity contribution in [3.05, 3.63) is 30.4 Å². The average molecular weight is 392 g/mol. The van der Waals surface area contributed by atoms with E-state index in [1.54, 1.807) is 0 Å². The molecule has 0 aliphatic heterocycles. The third kappa shape index (κ3) is 6.12. The van der Waals surface area contributed by atoms with Crippen LogP contribution in [0.3, 0.4) is 0 Å². The molecule has 0 saturated heterocycles. The van der Waals surface area contributed by atoms with Gasteiger partial charge in [0.1, 0.15) is 5.91 Å². The second-order valence-electron chi connectivity index (χ2n) is 1.58. The standard InChI is InChI=1S/C7H8NO3.U/c1-2-3-4-8-7(11)6(10)5-9;/h3,9-10H,1,4H2,(H,8,11);/q-1;. The van der Waals surface area contributed by atoms with Crippen molar-refractivity contribution in [2.75, 3.05) is 6.54 Å². The van der Waals surface area contributed by atoms with E-state index in [0.29, 0.717) is 0 Å². The van der Waals surface area contributed by atoms with Gasteiger partial charge in [-0.1, -0.05) is 6.58 Å². The molecule has 12 heavy (non-hydrogen) atoms. The van der Waals surface area contributed by atoms with Crippen molar-refractivity contribution in [1.29, 1.82) is 0 Å². The number of nitrogens with one attached hydrogen (secondary N) is 1. The van der Waals surface area contributed by atoms with Gasteiger partial charge in [-0.25, -0.2) is 0 Å². The number of amides is 1. The van der Waals surface area contributed by atoms with Crippen LogP contribution in [0.2, 0.25) is 0 Å². The van der Waals surface area contributed by atoms with Gasteiger partial charge in [-0.2, -0.15) is 0 Å². The summed E-state index contributed by atoms with van der Waals surface area (Å²) in [5, 5.41) is 18.8. The first-order chi connectivity index (χ1) is 5.22. The van der Waals surface area contributed by atoms with Gasteiger partial charge in [0.15, 0.2) is 0 Å². The molecular weight excluding hydrogens is 384 g/mol. The third-order valence-electron chi connectivity index (χ3n) is 0.830. The summed E-state index contributed by atoms with van der Waals surface area (Å²) in [4.78, 5) is 10.6. The Morgan fingerprint density at radius 1 is 1.75 bits per heavy atom. The minimum Gasteiger partial charge on any atom is -0.603 e. The molecule has 0 fully saturated rings. The number of aliphatic hydroxyl groups is 2. The Bertz CT molecular complexity index is 219. The minimum atomic E-state index is -0.845. The van der Waals surface area contributed by atoms with Crippen LogP contribution in [0, 0.1) is 37.4 Å². The second kappa shape index (κ2) is 8.48. The molecule has 0 aliphatic rings. The van der Waals surface area contributed by atoms with Gasteiger partial charge in [0.05, 0.1) is 0 Å². The number of hydrogen-bond donors (Lipinski definition) is 3. The summed E-state index contributed by atoms with van der Waals surface area (Å²) in [6, 6.07) is 0. The molecule has 0 aliphatic carbocycles. The fourth-order valence-corrected chi connectivity index (χ4v) is 0.350. The molecule has 4 nitrogen and oxygen atoms in total. The predicted octanol–water partition coefficient (Wildman–Crippen LogP) is 0.204. The van der Waals surface area contributed by atoms with Crippen LogP contribution in [-0.2, 0) is 4.79 Å². The molecule has 0 aromatic carbocycles. The third-order valence-corrected chi connectivity index (χ3v) is 0.830. The normalized spacial score (nSPS) is 9.17. The topological polar surface area (TPSA) is 69.6 Å². The smallest absolute Gasteiger partial charge is 0.129 e. The molecule has 0 aromatic rings. The van der Waals surface area contributed by atoms with E-state index in [0.717, 1.165) is 0 Å². The summed E-state index contributed by atoms with van der Waals surface area (Å²) in [5.41, 5.74) is 2.42. The van der Waals surface area contributed by atoms with Crippen LogP contribution in [0.25, 0.3) is 0 Å². The Hall–Kier alpha value is -0.618. The van der Waals surface area contributed by atoms with Gasteiger partial charge in [0.25, 0.3) is 0 Å². The number of carbonyl (C=O) groups is 1. The zero-order valence-electron chi connectivity index (χ0n) is 6.29. The molecule has 3 N–H and O–H groups in total. The minimum absolute atomic E-state index is 0. The molecule has 0 aromatic heterocycles.